The van der Waals surface area contributed by atoms with Crippen LogP contribution in [0, 0.1) is 67.0 Å². The van der Waals surface area contributed by atoms with Crippen LogP contribution in [0.4, 0.5) is 57.4 Å². The summed E-state index contributed by atoms with van der Waals surface area (Å²) in [6.45, 7) is 16.9. The molecule has 12 rings (SSSR count). The molecule has 2 aromatic heterocycles. The Bertz CT molecular complexity index is 3410. The minimum atomic E-state index is 0. The number of para-hydroxylation sites is 4. The van der Waals surface area contributed by atoms with Crippen LogP contribution in [0.2, 0.25) is 0 Å². The molecule has 0 atom stereocenters. The Labute approximate surface area is 512 Å². The summed E-state index contributed by atoms with van der Waals surface area (Å²) < 4.78 is 0. The minimum Gasteiger partial charge on any atom is -0.487 e. The van der Waals surface area contributed by atoms with E-state index in [9.17, 15) is 0 Å². The number of anilines is 6. The van der Waals surface area contributed by atoms with Gasteiger partial charge in [0.15, 0.2) is 0 Å². The molecule has 0 saturated heterocycles. The van der Waals surface area contributed by atoms with Crippen molar-refractivity contribution in [2.45, 2.75) is 41.5 Å². The van der Waals surface area contributed by atoms with Gasteiger partial charge in [-0.25, -0.2) is 19.9 Å². The number of aliphatic imine (C=N–C) groups is 2. The summed E-state index contributed by atoms with van der Waals surface area (Å²) in [5.74, 6) is 3.36. The molecule has 0 amide bonds. The van der Waals surface area contributed by atoms with Crippen LogP contribution in [0.1, 0.15) is 33.4 Å². The summed E-state index contributed by atoms with van der Waals surface area (Å²) in [6, 6.07) is 67.1. The number of aromatic nitrogens is 4. The van der Waals surface area contributed by atoms with E-state index in [0.29, 0.717) is 0 Å². The number of hydrogen-bond donors (Lipinski definition) is 0. The van der Waals surface area contributed by atoms with E-state index in [1.165, 1.54) is 55.6 Å². The smallest absolute Gasteiger partial charge is 0.143 e. The molecule has 0 aliphatic carbocycles. The fourth-order valence-electron chi connectivity index (χ4n) is 9.55. The van der Waals surface area contributed by atoms with Crippen molar-refractivity contribution in [3.63, 3.8) is 0 Å². The van der Waals surface area contributed by atoms with Gasteiger partial charge >= 0.3 is 0 Å². The molecule has 82 heavy (non-hydrogen) atoms. The predicted molar refractivity (Wildman–Crippen MR) is 332 cm³/mol. The summed E-state index contributed by atoms with van der Waals surface area (Å²) in [4.78, 5) is 34.2. The second kappa shape index (κ2) is 29.8. The zero-order valence-corrected chi connectivity index (χ0v) is 51.5. The maximum atomic E-state index is 4.49. The van der Waals surface area contributed by atoms with Gasteiger partial charge < -0.3 is 40.2 Å². The third-order valence-electron chi connectivity index (χ3n) is 12.9. The SMILES string of the molecule is C(=Nc1ccccc1)[N-]c1ccccc1.C(=Nc1ccccc1)[N-]c1ccccc1.Cc1cc(C)c(-c2cc[c-]c(N3[CH-]N(C)c4nccnc43)c2)c(C)c1.Cc1cc(C)c(-c2cc[c-]c(N3[CH-]N(C)c4nccnc43)c2)c(C)c1.[Pt].[Pt]. The first-order valence-electron chi connectivity index (χ1n) is 26.2. The van der Waals surface area contributed by atoms with E-state index in [1.807, 2.05) is 180 Å². The molecule has 14 heteroatoms. The number of aryl methyl sites for hydroxylation is 6. The van der Waals surface area contributed by atoms with Crippen molar-refractivity contribution in [3.8, 4) is 22.3 Å². The second-order valence-electron chi connectivity index (χ2n) is 19.2. The molecule has 0 saturated carbocycles. The Kier molecular flexibility index (Phi) is 22.2. The van der Waals surface area contributed by atoms with Crippen LogP contribution >= 0.6 is 0 Å². The van der Waals surface area contributed by atoms with Crippen molar-refractivity contribution in [2.75, 3.05) is 33.7 Å². The summed E-state index contributed by atoms with van der Waals surface area (Å²) in [5, 5.41) is 8.42. The molecule has 0 fully saturated rings. The Hall–Kier alpha value is -8.56. The predicted octanol–water partition coefficient (Wildman–Crippen LogP) is 17.3. The van der Waals surface area contributed by atoms with Gasteiger partial charge in [0.2, 0.25) is 0 Å². The van der Waals surface area contributed by atoms with Gasteiger partial charge in [0, 0.05) is 66.9 Å². The van der Waals surface area contributed by atoms with E-state index in [1.54, 1.807) is 37.5 Å². The molecular weight excluding hydrogens is 1370 g/mol. The van der Waals surface area contributed by atoms with Crippen molar-refractivity contribution < 1.29 is 42.1 Å². The molecular formula is C68H62N12Pt2-6. The van der Waals surface area contributed by atoms with E-state index in [-0.39, 0.29) is 42.1 Å². The monoisotopic (exact) mass is 1440 g/mol. The molecule has 12 nitrogen and oxygen atoms in total. The van der Waals surface area contributed by atoms with Crippen LogP contribution < -0.4 is 19.6 Å². The van der Waals surface area contributed by atoms with Crippen LogP contribution in [0.25, 0.3) is 32.9 Å². The van der Waals surface area contributed by atoms with Gasteiger partial charge in [-0.15, -0.1) is 48.0 Å². The summed E-state index contributed by atoms with van der Waals surface area (Å²) in [6.07, 6.45) is 10.0. The fraction of sp³-hybridized carbons (Fsp3) is 0.118. The average molecular weight is 1440 g/mol. The number of hydrogen-bond acceptors (Lipinski definition) is 10. The molecule has 10 aromatic rings. The quantitative estimate of drug-likeness (QED) is 0.0755. The molecule has 2 aliphatic heterocycles. The first-order chi connectivity index (χ1) is 39.0. The first kappa shape index (κ1) is 61.1. The van der Waals surface area contributed by atoms with Crippen LogP contribution in [-0.4, -0.2) is 46.7 Å². The standard InChI is InChI=1S/2C21H20N4.2C13H11N2.2Pt/c2*1-14-10-15(2)19(16(3)11-14)17-6-5-7-18(12-17)25-13-24(4)20-21(25)23-9-8-22-20;2*1-3-7-12(8-4-1)14-11-15-13-9-5-2-6-10-13;;/h2*5-6,8-13H,1-4H3;2*1-11H;;/q2*-2;2*-1;;. The van der Waals surface area contributed by atoms with Gasteiger partial charge in [0.25, 0.3) is 0 Å². The van der Waals surface area contributed by atoms with E-state index >= 15 is 0 Å². The van der Waals surface area contributed by atoms with E-state index in [2.05, 4.69) is 143 Å². The Morgan fingerprint density at radius 3 is 1.07 bits per heavy atom. The van der Waals surface area contributed by atoms with Crippen molar-refractivity contribution in [3.05, 3.63) is 276 Å². The number of fused-ring (bicyclic) bond motifs is 2. The van der Waals surface area contributed by atoms with E-state index in [4.69, 9.17) is 0 Å². The van der Waals surface area contributed by atoms with Crippen molar-refractivity contribution >= 4 is 70.1 Å². The zero-order valence-electron chi connectivity index (χ0n) is 46.9. The number of benzene rings is 8. The average Bonchev–Trinajstić information content (AvgIpc) is 4.10. The van der Waals surface area contributed by atoms with E-state index < -0.39 is 0 Å². The maximum absolute atomic E-state index is 4.49. The largest absolute Gasteiger partial charge is 0.487 e. The van der Waals surface area contributed by atoms with Crippen molar-refractivity contribution in [1.82, 2.24) is 19.9 Å². The third kappa shape index (κ3) is 15.9. The van der Waals surface area contributed by atoms with Gasteiger partial charge in [-0.3, -0.25) is 0 Å². The summed E-state index contributed by atoms with van der Waals surface area (Å²) in [7, 11) is 3.96. The van der Waals surface area contributed by atoms with Gasteiger partial charge in [0.05, 0.1) is 0 Å². The minimum absolute atomic E-state index is 0. The molecule has 4 heterocycles. The van der Waals surface area contributed by atoms with Crippen molar-refractivity contribution in [2.24, 2.45) is 9.98 Å². The first-order valence-corrected chi connectivity index (χ1v) is 26.2. The molecule has 8 aromatic carbocycles. The van der Waals surface area contributed by atoms with Crippen LogP contribution in [0.3, 0.4) is 0 Å². The maximum Gasteiger partial charge on any atom is 0.143 e. The third-order valence-corrected chi connectivity index (χ3v) is 12.9. The van der Waals surface area contributed by atoms with Gasteiger partial charge in [-0.05, 0) is 112 Å². The Morgan fingerprint density at radius 1 is 0.415 bits per heavy atom. The van der Waals surface area contributed by atoms with Gasteiger partial charge in [0.1, 0.15) is 23.3 Å². The molecule has 0 spiro atoms. The van der Waals surface area contributed by atoms with Gasteiger partial charge in [-0.1, -0.05) is 169 Å². The Morgan fingerprint density at radius 2 is 0.732 bits per heavy atom. The molecule has 0 unspecified atom stereocenters. The molecule has 420 valence electrons. The molecule has 2 aliphatic rings. The normalized spacial score (nSPS) is 11.9. The van der Waals surface area contributed by atoms with Gasteiger partial charge in [-0.2, -0.15) is 36.4 Å². The Balaban J connectivity index is 0.000000161. The topological polar surface area (TPSA) is 117 Å². The van der Waals surface area contributed by atoms with Crippen molar-refractivity contribution in [1.29, 1.82) is 0 Å². The van der Waals surface area contributed by atoms with E-state index in [0.717, 1.165) is 57.4 Å². The molecule has 0 radical (unpaired) electrons. The summed E-state index contributed by atoms with van der Waals surface area (Å²) >= 11 is 0. The number of nitrogens with zero attached hydrogens (tertiary/aromatic N) is 12. The molecule has 0 bridgehead atoms. The van der Waals surface area contributed by atoms with Crippen LogP contribution in [-0.2, 0) is 42.1 Å². The second-order valence-corrected chi connectivity index (χ2v) is 19.2. The van der Waals surface area contributed by atoms with Crippen LogP contribution in [0.5, 0.6) is 0 Å². The molecule has 0 N–H and O–H groups in total. The summed E-state index contributed by atoms with van der Waals surface area (Å²) in [5.41, 5.74) is 18.3. The van der Waals surface area contributed by atoms with Crippen LogP contribution in [0.15, 0.2) is 217 Å². The zero-order chi connectivity index (χ0) is 55.8. The fourth-order valence-corrected chi connectivity index (χ4v) is 9.55. The number of rotatable bonds is 10.